The number of hydrogen-bond acceptors (Lipinski definition) is 8. The van der Waals surface area contributed by atoms with Crippen molar-refractivity contribution in [1.82, 2.24) is 15.6 Å². The van der Waals surface area contributed by atoms with Crippen LogP contribution < -0.4 is 33.6 Å². The van der Waals surface area contributed by atoms with Crippen molar-refractivity contribution < 1.29 is 27.6 Å². The van der Waals surface area contributed by atoms with Gasteiger partial charge in [-0.3, -0.25) is 19.4 Å². The second-order valence-corrected chi connectivity index (χ2v) is 10.9. The summed E-state index contributed by atoms with van der Waals surface area (Å²) < 4.78 is 39.2. The van der Waals surface area contributed by atoms with Crippen LogP contribution in [0.4, 0.5) is 13.2 Å². The molecule has 2 aromatic carbocycles. The van der Waals surface area contributed by atoms with Crippen LogP contribution in [-0.4, -0.2) is 59.8 Å². The first kappa shape index (κ1) is 34.6. The van der Waals surface area contributed by atoms with E-state index in [2.05, 4.69) is 15.6 Å². The molecule has 2 amide bonds. The summed E-state index contributed by atoms with van der Waals surface area (Å²) in [7, 11) is 0. The highest BCUT2D eigenvalue weighted by Crippen LogP contribution is 2.29. The molecule has 1 heterocycles. The van der Waals surface area contributed by atoms with Crippen LogP contribution >= 0.6 is 0 Å². The Balaban J connectivity index is 1.76. The second-order valence-electron chi connectivity index (χ2n) is 10.9. The van der Waals surface area contributed by atoms with E-state index in [0.29, 0.717) is 30.4 Å². The number of amides is 2. The number of rotatable bonds is 16. The van der Waals surface area contributed by atoms with Gasteiger partial charge < -0.3 is 33.6 Å². The SMILES string of the molecule is NCCC(CCN)(CCN)NC(=O)C[C@H](N)C(=O)N[C@@H](Cc1ccc(C(F)(F)F)cc1)C(=O)Cc1cnc2ccccc2c1. The van der Waals surface area contributed by atoms with E-state index in [1.54, 1.807) is 6.20 Å². The molecule has 0 saturated heterocycles. The lowest BCUT2D eigenvalue weighted by Gasteiger charge is -2.34. The molecule has 1 aromatic heterocycles. The van der Waals surface area contributed by atoms with Gasteiger partial charge in [0.25, 0.3) is 0 Å². The first-order valence-electron chi connectivity index (χ1n) is 14.4. The number of nitrogens with two attached hydrogens (primary N) is 4. The first-order valence-corrected chi connectivity index (χ1v) is 14.4. The lowest BCUT2D eigenvalue weighted by Crippen LogP contribution is -2.55. The van der Waals surface area contributed by atoms with E-state index in [-0.39, 0.29) is 38.9 Å². The van der Waals surface area contributed by atoms with Crippen LogP contribution in [-0.2, 0) is 33.4 Å². The fourth-order valence-electron chi connectivity index (χ4n) is 5.16. The summed E-state index contributed by atoms with van der Waals surface area (Å²) in [6.45, 7) is 0.855. The van der Waals surface area contributed by atoms with Crippen molar-refractivity contribution in [1.29, 1.82) is 0 Å². The van der Waals surface area contributed by atoms with Gasteiger partial charge in [0.15, 0.2) is 5.78 Å². The maximum atomic E-state index is 13.5. The summed E-state index contributed by atoms with van der Waals surface area (Å²) in [6, 6.07) is 11.1. The van der Waals surface area contributed by atoms with Gasteiger partial charge in [-0.05, 0) is 80.7 Å². The quantitative estimate of drug-likeness (QED) is 0.140. The van der Waals surface area contributed by atoms with E-state index < -0.39 is 47.0 Å². The number of hydrogen-bond donors (Lipinski definition) is 6. The fourth-order valence-corrected chi connectivity index (χ4v) is 5.16. The normalized spacial score (nSPS) is 13.3. The summed E-state index contributed by atoms with van der Waals surface area (Å²) in [5.74, 6) is -1.67. The van der Waals surface area contributed by atoms with Gasteiger partial charge in [-0.1, -0.05) is 30.3 Å². The van der Waals surface area contributed by atoms with Crippen molar-refractivity contribution in [2.45, 2.75) is 62.3 Å². The molecular weight excluding hydrogens is 575 g/mol. The molecule has 3 rings (SSSR count). The van der Waals surface area contributed by atoms with Crippen LogP contribution in [0.3, 0.4) is 0 Å². The zero-order valence-corrected chi connectivity index (χ0v) is 24.4. The third kappa shape index (κ3) is 9.81. The molecule has 0 radical (unpaired) electrons. The van der Waals surface area contributed by atoms with E-state index in [1.165, 1.54) is 12.1 Å². The smallest absolute Gasteiger partial charge is 0.350 e. The zero-order valence-electron chi connectivity index (χ0n) is 24.4. The average molecular weight is 616 g/mol. The highest BCUT2D eigenvalue weighted by Gasteiger charge is 2.32. The summed E-state index contributed by atoms with van der Waals surface area (Å²) in [6.07, 6.45) is -2.24. The number of ketones is 1. The number of Topliss-reactive ketones (excluding diaryl/α,β-unsaturated/α-hetero) is 1. The molecular formula is C31H40F3N7O3. The van der Waals surface area contributed by atoms with Gasteiger partial charge in [0.2, 0.25) is 11.8 Å². The molecule has 44 heavy (non-hydrogen) atoms. The number of aromatic nitrogens is 1. The number of nitrogens with zero attached hydrogens (tertiary/aromatic N) is 1. The Kier molecular flexibility index (Phi) is 12.3. The van der Waals surface area contributed by atoms with Crippen LogP contribution in [0.15, 0.2) is 60.8 Å². The van der Waals surface area contributed by atoms with Gasteiger partial charge in [-0.2, -0.15) is 13.2 Å². The van der Waals surface area contributed by atoms with Crippen LogP contribution in [0.25, 0.3) is 10.9 Å². The molecule has 0 saturated carbocycles. The van der Waals surface area contributed by atoms with Gasteiger partial charge in [-0.25, -0.2) is 0 Å². The third-order valence-electron chi connectivity index (χ3n) is 7.47. The van der Waals surface area contributed by atoms with Crippen molar-refractivity contribution in [3.05, 3.63) is 77.5 Å². The summed E-state index contributed by atoms with van der Waals surface area (Å²) >= 11 is 0. The number of nitrogens with one attached hydrogen (secondary N) is 2. The Bertz CT molecular complexity index is 1400. The van der Waals surface area contributed by atoms with E-state index in [4.69, 9.17) is 22.9 Å². The van der Waals surface area contributed by atoms with E-state index in [0.717, 1.165) is 23.0 Å². The molecule has 0 unspecified atom stereocenters. The predicted octanol–water partition coefficient (Wildman–Crippen LogP) is 1.71. The van der Waals surface area contributed by atoms with E-state index in [9.17, 15) is 27.6 Å². The lowest BCUT2D eigenvalue weighted by molar-refractivity contribution is -0.137. The molecule has 0 aliphatic carbocycles. The largest absolute Gasteiger partial charge is 0.416 e. The minimum absolute atomic E-state index is 0.0880. The minimum atomic E-state index is -4.52. The molecule has 13 heteroatoms. The van der Waals surface area contributed by atoms with Crippen LogP contribution in [0.1, 0.15) is 42.4 Å². The molecule has 0 fully saturated rings. The van der Waals surface area contributed by atoms with Crippen LogP contribution in [0, 0.1) is 0 Å². The van der Waals surface area contributed by atoms with Gasteiger partial charge >= 0.3 is 6.18 Å². The fraction of sp³-hybridized carbons (Fsp3) is 0.419. The number of para-hydroxylation sites is 1. The molecule has 238 valence electrons. The van der Waals surface area contributed by atoms with Crippen LogP contribution in [0.5, 0.6) is 0 Å². The van der Waals surface area contributed by atoms with Crippen molar-refractivity contribution in [2.24, 2.45) is 22.9 Å². The first-order chi connectivity index (χ1) is 20.9. The highest BCUT2D eigenvalue weighted by molar-refractivity contribution is 5.94. The standard InChI is InChI=1S/C31H40F3N7O3/c32-31(33,34)23-7-5-20(6-8-23)16-26(27(42)17-21-15-22-3-1-2-4-25(22)39-19-21)40-29(44)24(38)18-28(43)41-30(9-12-35,10-13-36)11-14-37/h1-8,15,19,24,26H,9-14,16-18,35-38H2,(H,40,44)(H,41,43)/t24-,26-/m0/s1. The molecule has 10 nitrogen and oxygen atoms in total. The number of carbonyl (C=O) groups excluding carboxylic acids is 3. The Morgan fingerprint density at radius 2 is 1.48 bits per heavy atom. The Morgan fingerprint density at radius 3 is 2.07 bits per heavy atom. The molecule has 0 aliphatic heterocycles. The summed E-state index contributed by atoms with van der Waals surface area (Å²) in [5.41, 5.74) is 23.5. The maximum Gasteiger partial charge on any atom is 0.416 e. The molecule has 2 atom stereocenters. The molecule has 0 aliphatic rings. The minimum Gasteiger partial charge on any atom is -0.350 e. The Hall–Kier alpha value is -3.91. The molecule has 3 aromatic rings. The number of carbonyl (C=O) groups is 3. The van der Waals surface area contributed by atoms with E-state index in [1.807, 2.05) is 30.3 Å². The van der Waals surface area contributed by atoms with Crippen molar-refractivity contribution in [3.8, 4) is 0 Å². The Morgan fingerprint density at radius 1 is 0.864 bits per heavy atom. The number of halogens is 3. The Labute approximate surface area is 254 Å². The predicted molar refractivity (Wildman–Crippen MR) is 162 cm³/mol. The topological polar surface area (TPSA) is 192 Å². The maximum absolute atomic E-state index is 13.5. The third-order valence-corrected chi connectivity index (χ3v) is 7.47. The van der Waals surface area contributed by atoms with Gasteiger partial charge in [0.1, 0.15) is 0 Å². The van der Waals surface area contributed by atoms with Crippen LogP contribution in [0.2, 0.25) is 0 Å². The summed E-state index contributed by atoms with van der Waals surface area (Å²) in [4.78, 5) is 43.9. The van der Waals surface area contributed by atoms with Crippen molar-refractivity contribution >= 4 is 28.5 Å². The zero-order chi connectivity index (χ0) is 32.3. The highest BCUT2D eigenvalue weighted by atomic mass is 19.4. The number of fused-ring (bicyclic) bond motifs is 1. The van der Waals surface area contributed by atoms with Crippen molar-refractivity contribution in [2.75, 3.05) is 19.6 Å². The number of pyridine rings is 1. The number of alkyl halides is 3. The molecule has 0 bridgehead atoms. The molecule has 10 N–H and O–H groups in total. The molecule has 0 spiro atoms. The average Bonchev–Trinajstić information content (AvgIpc) is 2.96. The summed E-state index contributed by atoms with van der Waals surface area (Å²) in [5, 5.41) is 6.33. The number of benzene rings is 2. The van der Waals surface area contributed by atoms with Gasteiger partial charge in [0.05, 0.1) is 29.6 Å². The van der Waals surface area contributed by atoms with Gasteiger partial charge in [0, 0.05) is 23.5 Å². The van der Waals surface area contributed by atoms with E-state index >= 15 is 0 Å². The second kappa shape index (κ2) is 15.7. The van der Waals surface area contributed by atoms with Gasteiger partial charge in [-0.15, -0.1) is 0 Å². The van der Waals surface area contributed by atoms with Crippen molar-refractivity contribution in [3.63, 3.8) is 0 Å². The monoisotopic (exact) mass is 615 g/mol. The lowest BCUT2D eigenvalue weighted by atomic mass is 9.87.